The molecule has 0 bridgehead atoms. The number of hydroxylamine groups is 1. The lowest BCUT2D eigenvalue weighted by Crippen LogP contribution is -2.34. The van der Waals surface area contributed by atoms with Crippen molar-refractivity contribution in [3.05, 3.63) is 0 Å². The van der Waals surface area contributed by atoms with Gasteiger partial charge >= 0.3 is 12.2 Å². The van der Waals surface area contributed by atoms with Crippen LogP contribution in [0, 0.1) is 0 Å². The van der Waals surface area contributed by atoms with Gasteiger partial charge in [0.1, 0.15) is 12.2 Å². The molecule has 112 valence electrons. The molecule has 1 amide bonds. The van der Waals surface area contributed by atoms with Gasteiger partial charge in [-0.1, -0.05) is 0 Å². The number of carbonyl (C=O) groups is 2. The fraction of sp³-hybridized carbons (Fsp3) is 0.818. The minimum atomic E-state index is -1.06. The maximum absolute atomic E-state index is 11.1. The number of carbonyl (C=O) groups excluding carboxylic acids is 2. The molecule has 8 nitrogen and oxygen atoms in total. The maximum Gasteiger partial charge on any atom is 0.533 e. The largest absolute Gasteiger partial charge is 0.533 e. The Hall–Kier alpha value is -1.54. The van der Waals surface area contributed by atoms with E-state index in [4.69, 9.17) is 14.2 Å². The van der Waals surface area contributed by atoms with Crippen LogP contribution in [0.5, 0.6) is 0 Å². The number of rotatable bonds is 5. The molecule has 8 heteroatoms. The SMILES string of the molecule is COC(C)OCCOC(=O)ONC(=O)OC(C)(C)C. The second-order valence-corrected chi connectivity index (χ2v) is 4.48. The Balaban J connectivity index is 3.62. The van der Waals surface area contributed by atoms with Crippen molar-refractivity contribution in [3.63, 3.8) is 0 Å². The van der Waals surface area contributed by atoms with Gasteiger partial charge in [-0.15, -0.1) is 5.48 Å². The summed E-state index contributed by atoms with van der Waals surface area (Å²) in [5, 5.41) is 0. The van der Waals surface area contributed by atoms with E-state index in [2.05, 4.69) is 9.57 Å². The maximum atomic E-state index is 11.1. The van der Waals surface area contributed by atoms with Gasteiger partial charge < -0.3 is 23.8 Å². The van der Waals surface area contributed by atoms with Gasteiger partial charge in [-0.2, -0.15) is 0 Å². The van der Waals surface area contributed by atoms with Crippen LogP contribution in [-0.4, -0.2) is 44.5 Å². The molecule has 0 spiro atoms. The number of ether oxygens (including phenoxy) is 4. The Morgan fingerprint density at radius 2 is 1.84 bits per heavy atom. The molecule has 0 saturated heterocycles. The minimum Gasteiger partial charge on any atom is -0.442 e. The molecule has 0 aliphatic carbocycles. The summed E-state index contributed by atoms with van der Waals surface area (Å²) in [4.78, 5) is 26.5. The average Bonchev–Trinajstić information content (AvgIpc) is 2.29. The highest BCUT2D eigenvalue weighted by atomic mass is 16.8. The lowest BCUT2D eigenvalue weighted by atomic mass is 10.2. The molecule has 0 radical (unpaired) electrons. The summed E-state index contributed by atoms with van der Waals surface area (Å²) in [7, 11) is 1.49. The third kappa shape index (κ3) is 11.3. The van der Waals surface area contributed by atoms with E-state index in [0.717, 1.165) is 0 Å². The van der Waals surface area contributed by atoms with E-state index < -0.39 is 17.8 Å². The lowest BCUT2D eigenvalue weighted by Gasteiger charge is -2.19. The fourth-order valence-corrected chi connectivity index (χ4v) is 0.819. The monoisotopic (exact) mass is 279 g/mol. The number of nitrogens with one attached hydrogen (secondary N) is 1. The Kier molecular flexibility index (Phi) is 7.85. The van der Waals surface area contributed by atoms with Gasteiger partial charge in [0.25, 0.3) is 0 Å². The predicted molar refractivity (Wildman–Crippen MR) is 64.2 cm³/mol. The minimum absolute atomic E-state index is 0.0253. The van der Waals surface area contributed by atoms with Crippen molar-refractivity contribution >= 4 is 12.2 Å². The number of hydrogen-bond donors (Lipinski definition) is 1. The molecule has 1 atom stereocenters. The highest BCUT2D eigenvalue weighted by Crippen LogP contribution is 2.06. The molecule has 0 aromatic rings. The van der Waals surface area contributed by atoms with Crippen molar-refractivity contribution in [2.75, 3.05) is 20.3 Å². The topological polar surface area (TPSA) is 92.3 Å². The zero-order chi connectivity index (χ0) is 14.9. The summed E-state index contributed by atoms with van der Waals surface area (Å²) < 4.78 is 19.3. The van der Waals surface area contributed by atoms with Gasteiger partial charge in [-0.25, -0.2) is 9.59 Å². The van der Waals surface area contributed by atoms with Gasteiger partial charge in [0.05, 0.1) is 6.61 Å². The van der Waals surface area contributed by atoms with Gasteiger partial charge in [0.2, 0.25) is 0 Å². The Bertz CT molecular complexity index is 287. The second-order valence-electron chi connectivity index (χ2n) is 4.48. The van der Waals surface area contributed by atoms with Crippen LogP contribution in [0.4, 0.5) is 9.59 Å². The van der Waals surface area contributed by atoms with Crippen molar-refractivity contribution in [1.29, 1.82) is 0 Å². The van der Waals surface area contributed by atoms with Crippen molar-refractivity contribution in [2.24, 2.45) is 0 Å². The second kappa shape index (κ2) is 8.54. The summed E-state index contributed by atoms with van der Waals surface area (Å²) >= 11 is 0. The number of amides is 1. The zero-order valence-corrected chi connectivity index (χ0v) is 11.8. The van der Waals surface area contributed by atoms with E-state index in [-0.39, 0.29) is 19.5 Å². The summed E-state index contributed by atoms with van der Waals surface area (Å²) in [6.45, 7) is 6.86. The molecule has 0 aliphatic rings. The quantitative estimate of drug-likeness (QED) is 0.353. The fourth-order valence-electron chi connectivity index (χ4n) is 0.819. The van der Waals surface area contributed by atoms with Crippen LogP contribution in [0.15, 0.2) is 0 Å². The third-order valence-electron chi connectivity index (χ3n) is 1.60. The first-order chi connectivity index (χ1) is 8.74. The lowest BCUT2D eigenvalue weighted by molar-refractivity contribution is -0.120. The summed E-state index contributed by atoms with van der Waals surface area (Å²) in [6, 6.07) is 0. The molecule has 0 fully saturated rings. The van der Waals surface area contributed by atoms with Crippen LogP contribution in [0.2, 0.25) is 0 Å². The van der Waals surface area contributed by atoms with Gasteiger partial charge in [0.15, 0.2) is 6.29 Å². The zero-order valence-electron chi connectivity index (χ0n) is 11.8. The van der Waals surface area contributed by atoms with E-state index in [9.17, 15) is 9.59 Å². The molecule has 0 aromatic carbocycles. The Labute approximate surface area is 112 Å². The van der Waals surface area contributed by atoms with Crippen LogP contribution < -0.4 is 5.48 Å². The normalized spacial score (nSPS) is 12.5. The van der Waals surface area contributed by atoms with E-state index in [0.29, 0.717) is 0 Å². The Morgan fingerprint density at radius 1 is 1.21 bits per heavy atom. The summed E-state index contributed by atoms with van der Waals surface area (Å²) in [6.07, 6.45) is -2.33. The highest BCUT2D eigenvalue weighted by Gasteiger charge is 2.17. The molecule has 1 unspecified atom stereocenters. The average molecular weight is 279 g/mol. The van der Waals surface area contributed by atoms with Gasteiger partial charge in [0, 0.05) is 7.11 Å². The van der Waals surface area contributed by atoms with E-state index in [1.54, 1.807) is 33.2 Å². The molecule has 0 saturated carbocycles. The molecule has 19 heavy (non-hydrogen) atoms. The number of methoxy groups -OCH3 is 1. The highest BCUT2D eigenvalue weighted by molar-refractivity contribution is 5.69. The summed E-state index contributed by atoms with van der Waals surface area (Å²) in [5.74, 6) is 0. The molecule has 1 N–H and O–H groups in total. The van der Waals surface area contributed by atoms with Crippen molar-refractivity contribution in [3.8, 4) is 0 Å². The van der Waals surface area contributed by atoms with E-state index >= 15 is 0 Å². The van der Waals surface area contributed by atoms with Crippen LogP contribution in [0.25, 0.3) is 0 Å². The first-order valence-corrected chi connectivity index (χ1v) is 5.71. The molecule has 0 rings (SSSR count). The standard InChI is InChI=1S/C11H21NO7/c1-8(15-5)16-6-7-17-10(14)19-12-9(13)18-11(2,3)4/h8H,6-7H2,1-5H3,(H,12,13). The van der Waals surface area contributed by atoms with Crippen LogP contribution in [0.1, 0.15) is 27.7 Å². The Morgan fingerprint density at radius 3 is 2.37 bits per heavy atom. The molecule has 0 aromatic heterocycles. The smallest absolute Gasteiger partial charge is 0.442 e. The van der Waals surface area contributed by atoms with Crippen molar-refractivity contribution in [2.45, 2.75) is 39.6 Å². The number of hydrogen-bond acceptors (Lipinski definition) is 7. The predicted octanol–water partition coefficient (Wildman–Crippen LogP) is 1.59. The first-order valence-electron chi connectivity index (χ1n) is 5.71. The third-order valence-corrected chi connectivity index (χ3v) is 1.60. The van der Waals surface area contributed by atoms with Crippen molar-refractivity contribution < 1.29 is 33.4 Å². The summed E-state index contributed by atoms with van der Waals surface area (Å²) in [5.41, 5.74) is 1.12. The van der Waals surface area contributed by atoms with E-state index in [1.807, 2.05) is 0 Å². The van der Waals surface area contributed by atoms with Gasteiger partial charge in [-0.05, 0) is 27.7 Å². The molecular weight excluding hydrogens is 258 g/mol. The van der Waals surface area contributed by atoms with E-state index in [1.165, 1.54) is 7.11 Å². The first kappa shape index (κ1) is 17.5. The van der Waals surface area contributed by atoms with Crippen LogP contribution in [0.3, 0.4) is 0 Å². The van der Waals surface area contributed by atoms with Crippen LogP contribution >= 0.6 is 0 Å². The van der Waals surface area contributed by atoms with Crippen LogP contribution in [-0.2, 0) is 23.8 Å². The molecule has 0 aliphatic heterocycles. The van der Waals surface area contributed by atoms with Crippen molar-refractivity contribution in [1.82, 2.24) is 5.48 Å². The molecule has 0 heterocycles. The van der Waals surface area contributed by atoms with Gasteiger partial charge in [-0.3, -0.25) is 0 Å². The molecular formula is C11H21NO7.